The number of aryl methyl sites for hydroxylation is 1. The maximum atomic E-state index is 13.0. The number of benzene rings is 2. The number of imidazole rings is 1. The molecule has 1 N–H and O–H groups in total. The first-order valence-electron chi connectivity index (χ1n) is 9.69. The third-order valence-corrected chi connectivity index (χ3v) is 6.18. The first kappa shape index (κ1) is 19.6. The molecule has 1 fully saturated rings. The van der Waals surface area contributed by atoms with Crippen molar-refractivity contribution in [3.63, 3.8) is 0 Å². The van der Waals surface area contributed by atoms with Gasteiger partial charge in [-0.05, 0) is 55.7 Å². The van der Waals surface area contributed by atoms with Crippen LogP contribution in [0.15, 0.2) is 41.6 Å². The van der Waals surface area contributed by atoms with Crippen molar-refractivity contribution in [3.05, 3.63) is 47.5 Å². The minimum atomic E-state index is 0.00599. The average Bonchev–Trinajstić information content (AvgIpc) is 3.38. The molecule has 1 amide bonds. The number of rotatable bonds is 6. The molecule has 3 aromatic rings. The molecule has 6 nitrogen and oxygen atoms in total. The number of ether oxygens (including phenoxy) is 2. The molecule has 4 rings (SSSR count). The number of nitrogens with one attached hydrogen (secondary N) is 1. The second-order valence-electron chi connectivity index (χ2n) is 7.20. The van der Waals surface area contributed by atoms with Crippen molar-refractivity contribution in [3.8, 4) is 11.5 Å². The molecule has 0 bridgehead atoms. The van der Waals surface area contributed by atoms with Gasteiger partial charge >= 0.3 is 0 Å². The molecule has 0 aliphatic carbocycles. The summed E-state index contributed by atoms with van der Waals surface area (Å²) in [6.07, 6.45) is 1.90. The number of fused-ring (bicyclic) bond motifs is 1. The number of nitrogens with zero attached hydrogens (tertiary/aromatic N) is 2. The largest absolute Gasteiger partial charge is 0.497 e. The van der Waals surface area contributed by atoms with Gasteiger partial charge in [-0.25, -0.2) is 4.98 Å². The molecule has 0 radical (unpaired) electrons. The molecule has 0 saturated carbocycles. The van der Waals surface area contributed by atoms with Gasteiger partial charge in [0.05, 0.1) is 37.0 Å². The van der Waals surface area contributed by atoms with Gasteiger partial charge in [-0.1, -0.05) is 17.8 Å². The maximum Gasteiger partial charge on any atom is 0.233 e. The number of hydrogen-bond acceptors (Lipinski definition) is 5. The molecule has 1 saturated heterocycles. The highest BCUT2D eigenvalue weighted by Crippen LogP contribution is 2.39. The Morgan fingerprint density at radius 2 is 2.10 bits per heavy atom. The van der Waals surface area contributed by atoms with E-state index in [0.29, 0.717) is 5.75 Å². The van der Waals surface area contributed by atoms with E-state index in [1.165, 1.54) is 17.3 Å². The molecule has 1 aliphatic rings. The van der Waals surface area contributed by atoms with Gasteiger partial charge in [0, 0.05) is 12.1 Å². The number of methoxy groups -OCH3 is 2. The van der Waals surface area contributed by atoms with E-state index in [9.17, 15) is 4.79 Å². The Hall–Kier alpha value is -2.67. The van der Waals surface area contributed by atoms with Gasteiger partial charge in [0.25, 0.3) is 0 Å². The van der Waals surface area contributed by atoms with Crippen molar-refractivity contribution in [2.45, 2.75) is 31.0 Å². The lowest BCUT2D eigenvalue weighted by Crippen LogP contribution is -2.32. The van der Waals surface area contributed by atoms with Crippen LogP contribution in [-0.4, -0.2) is 47.3 Å². The summed E-state index contributed by atoms with van der Waals surface area (Å²) in [5, 5.41) is 0.772. The molecular formula is C22H25N3O3S. The smallest absolute Gasteiger partial charge is 0.233 e. The van der Waals surface area contributed by atoms with Crippen LogP contribution in [-0.2, 0) is 4.79 Å². The number of hydrogen-bond donors (Lipinski definition) is 1. The van der Waals surface area contributed by atoms with Gasteiger partial charge < -0.3 is 19.4 Å². The van der Waals surface area contributed by atoms with E-state index in [4.69, 9.17) is 9.47 Å². The Morgan fingerprint density at radius 3 is 2.90 bits per heavy atom. The fourth-order valence-electron chi connectivity index (χ4n) is 3.87. The number of aromatic nitrogens is 2. The van der Waals surface area contributed by atoms with Gasteiger partial charge in [-0.2, -0.15) is 0 Å². The Balaban J connectivity index is 1.49. The van der Waals surface area contributed by atoms with Gasteiger partial charge in [-0.3, -0.25) is 4.79 Å². The number of likely N-dealkylation sites (tertiary alicyclic amines) is 1. The predicted molar refractivity (Wildman–Crippen MR) is 115 cm³/mol. The van der Waals surface area contributed by atoms with Crippen molar-refractivity contribution in [2.75, 3.05) is 26.5 Å². The third-order valence-electron chi connectivity index (χ3n) is 5.32. The molecule has 7 heteroatoms. The van der Waals surface area contributed by atoms with Gasteiger partial charge in [0.1, 0.15) is 11.5 Å². The number of carbonyl (C=O) groups excluding carboxylic acids is 1. The number of thioether (sulfide) groups is 1. The number of carbonyl (C=O) groups is 1. The predicted octanol–water partition coefficient (Wildman–Crippen LogP) is 4.34. The van der Waals surface area contributed by atoms with Gasteiger partial charge in [0.15, 0.2) is 5.16 Å². The topological polar surface area (TPSA) is 67.5 Å². The maximum absolute atomic E-state index is 13.0. The Bertz CT molecular complexity index is 1030. The zero-order valence-electron chi connectivity index (χ0n) is 16.9. The minimum absolute atomic E-state index is 0.00599. The van der Waals surface area contributed by atoms with Crippen LogP contribution in [0.4, 0.5) is 0 Å². The van der Waals surface area contributed by atoms with E-state index < -0.39 is 0 Å². The monoisotopic (exact) mass is 411 g/mol. The van der Waals surface area contributed by atoms with Crippen LogP contribution in [0.25, 0.3) is 11.0 Å². The van der Waals surface area contributed by atoms with Crippen LogP contribution in [0.1, 0.15) is 30.0 Å². The molecule has 1 aliphatic heterocycles. The molecule has 2 heterocycles. The highest BCUT2D eigenvalue weighted by Gasteiger charge is 2.32. The van der Waals surface area contributed by atoms with Gasteiger partial charge in [-0.15, -0.1) is 0 Å². The zero-order chi connectivity index (χ0) is 20.4. The Labute approximate surface area is 174 Å². The molecular weight excluding hydrogens is 386 g/mol. The molecule has 0 spiro atoms. The van der Waals surface area contributed by atoms with Crippen molar-refractivity contribution in [1.82, 2.24) is 14.9 Å². The van der Waals surface area contributed by atoms with Crippen molar-refractivity contribution in [1.29, 1.82) is 0 Å². The van der Waals surface area contributed by atoms with Crippen LogP contribution in [0.2, 0.25) is 0 Å². The summed E-state index contributed by atoms with van der Waals surface area (Å²) < 4.78 is 10.9. The van der Waals surface area contributed by atoms with Crippen LogP contribution in [0.5, 0.6) is 11.5 Å². The fraction of sp³-hybridized carbons (Fsp3) is 0.364. The van der Waals surface area contributed by atoms with Crippen LogP contribution in [0, 0.1) is 6.92 Å². The SMILES string of the molecule is COc1ccc(OC)c([C@H]2CCCN2C(=O)CSc2nc3ccc(C)cc3[nH]2)c1. The van der Waals surface area contributed by atoms with Crippen LogP contribution >= 0.6 is 11.8 Å². The van der Waals surface area contributed by atoms with E-state index in [-0.39, 0.29) is 11.9 Å². The molecule has 1 atom stereocenters. The van der Waals surface area contributed by atoms with Crippen molar-refractivity contribution >= 4 is 28.7 Å². The number of H-pyrrole nitrogens is 1. The highest BCUT2D eigenvalue weighted by molar-refractivity contribution is 7.99. The van der Waals surface area contributed by atoms with Crippen molar-refractivity contribution < 1.29 is 14.3 Å². The lowest BCUT2D eigenvalue weighted by molar-refractivity contribution is -0.129. The van der Waals surface area contributed by atoms with Gasteiger partial charge in [0.2, 0.25) is 5.91 Å². The van der Waals surface area contributed by atoms with Crippen LogP contribution in [0.3, 0.4) is 0 Å². The summed E-state index contributed by atoms with van der Waals surface area (Å²) in [7, 11) is 3.31. The van der Waals surface area contributed by atoms with Crippen LogP contribution < -0.4 is 9.47 Å². The zero-order valence-corrected chi connectivity index (χ0v) is 17.7. The summed E-state index contributed by atoms with van der Waals surface area (Å²) in [4.78, 5) is 22.9. The average molecular weight is 412 g/mol. The first-order chi connectivity index (χ1) is 14.1. The number of aromatic amines is 1. The lowest BCUT2D eigenvalue weighted by atomic mass is 10.0. The van der Waals surface area contributed by atoms with E-state index in [2.05, 4.69) is 23.0 Å². The second-order valence-corrected chi connectivity index (χ2v) is 8.17. The quantitative estimate of drug-likeness (QED) is 0.611. The molecule has 1 aromatic heterocycles. The normalized spacial score (nSPS) is 16.4. The standard InChI is InChI=1S/C22H25N3O3S/c1-14-6-8-17-18(11-14)24-22(23-17)29-13-21(26)25-10-4-5-19(25)16-12-15(27-2)7-9-20(16)28-3/h6-9,11-12,19H,4-5,10,13H2,1-3H3,(H,23,24)/t19-/m1/s1. The Kier molecular flexibility index (Phi) is 5.67. The first-order valence-corrected chi connectivity index (χ1v) is 10.7. The highest BCUT2D eigenvalue weighted by atomic mass is 32.2. The molecule has 29 heavy (non-hydrogen) atoms. The second kappa shape index (κ2) is 8.37. The third kappa shape index (κ3) is 4.05. The summed E-state index contributed by atoms with van der Waals surface area (Å²) in [6, 6.07) is 11.9. The Morgan fingerprint density at radius 1 is 1.24 bits per heavy atom. The number of amides is 1. The van der Waals surface area contributed by atoms with E-state index in [1.54, 1.807) is 14.2 Å². The van der Waals surface area contributed by atoms with E-state index in [1.807, 2.05) is 35.2 Å². The summed E-state index contributed by atoms with van der Waals surface area (Å²) in [6.45, 7) is 2.81. The summed E-state index contributed by atoms with van der Waals surface area (Å²) in [5.74, 6) is 2.02. The summed E-state index contributed by atoms with van der Waals surface area (Å²) in [5.41, 5.74) is 4.11. The fourth-order valence-corrected chi connectivity index (χ4v) is 4.64. The van der Waals surface area contributed by atoms with Crippen molar-refractivity contribution in [2.24, 2.45) is 0 Å². The lowest BCUT2D eigenvalue weighted by Gasteiger charge is -2.26. The van der Waals surface area contributed by atoms with E-state index >= 15 is 0 Å². The molecule has 0 unspecified atom stereocenters. The molecule has 152 valence electrons. The minimum Gasteiger partial charge on any atom is -0.497 e. The van der Waals surface area contributed by atoms with E-state index in [0.717, 1.165) is 52.6 Å². The molecule has 2 aromatic carbocycles. The summed E-state index contributed by atoms with van der Waals surface area (Å²) >= 11 is 1.45.